The Bertz CT molecular complexity index is 1430. The molecule has 0 unspecified atom stereocenters. The molecule has 0 aliphatic carbocycles. The SMILES string of the molecule is CN(C)S(=O)(=O)c1ccc(-c2nn(-c3ccccc3)cc2/C=N\Nc2ocnc2C#N)cc1. The van der Waals surface area contributed by atoms with Crippen molar-refractivity contribution in [2.45, 2.75) is 4.90 Å². The second-order valence-electron chi connectivity index (χ2n) is 7.04. The molecule has 2 aromatic heterocycles. The lowest BCUT2D eigenvalue weighted by molar-refractivity contribution is 0.521. The van der Waals surface area contributed by atoms with E-state index in [0.29, 0.717) is 16.8 Å². The molecule has 0 amide bonds. The van der Waals surface area contributed by atoms with Gasteiger partial charge in [-0.25, -0.2) is 27.8 Å². The predicted octanol–water partition coefficient (Wildman–Crippen LogP) is 3.10. The lowest BCUT2D eigenvalue weighted by Crippen LogP contribution is -2.22. The Hall–Kier alpha value is -4.27. The Balaban J connectivity index is 1.71. The summed E-state index contributed by atoms with van der Waals surface area (Å²) in [6.07, 6.45) is 4.49. The molecule has 1 N–H and O–H groups in total. The second kappa shape index (κ2) is 9.07. The van der Waals surface area contributed by atoms with Crippen molar-refractivity contribution in [3.05, 3.63) is 78.4 Å². The molecule has 0 atom stereocenters. The van der Waals surface area contributed by atoms with Crippen molar-refractivity contribution in [2.24, 2.45) is 5.10 Å². The number of hydrogen-bond acceptors (Lipinski definition) is 8. The van der Waals surface area contributed by atoms with Crippen molar-refractivity contribution in [2.75, 3.05) is 19.5 Å². The van der Waals surface area contributed by atoms with Crippen molar-refractivity contribution in [1.29, 1.82) is 5.26 Å². The molecule has 0 spiro atoms. The standard InChI is InChI=1S/C22H19N7O3S/c1-28(2)33(30,31)19-10-8-16(9-11-19)21-17(13-25-26-22-20(12-23)24-15-32-22)14-29(27-21)18-6-4-3-5-7-18/h3-11,13-15,26H,1-2H3/b25-13-. The molecular formula is C22H19N7O3S. The number of aromatic nitrogens is 3. The Morgan fingerprint density at radius 2 is 1.88 bits per heavy atom. The van der Waals surface area contributed by atoms with Gasteiger partial charge in [-0.3, -0.25) is 0 Å². The summed E-state index contributed by atoms with van der Waals surface area (Å²) >= 11 is 0. The van der Waals surface area contributed by atoms with Gasteiger partial charge in [-0.05, 0) is 24.3 Å². The van der Waals surface area contributed by atoms with Crippen LogP contribution in [0.4, 0.5) is 5.88 Å². The number of nitriles is 1. The highest BCUT2D eigenvalue weighted by Gasteiger charge is 2.18. The molecule has 0 saturated heterocycles. The van der Waals surface area contributed by atoms with Gasteiger partial charge in [-0.1, -0.05) is 30.3 Å². The Morgan fingerprint density at radius 1 is 1.15 bits per heavy atom. The summed E-state index contributed by atoms with van der Waals surface area (Å²) in [7, 11) is -0.572. The van der Waals surface area contributed by atoms with E-state index in [2.05, 4.69) is 20.6 Å². The second-order valence-corrected chi connectivity index (χ2v) is 9.19. The van der Waals surface area contributed by atoms with E-state index < -0.39 is 10.0 Å². The Morgan fingerprint density at radius 3 is 2.55 bits per heavy atom. The molecule has 0 fully saturated rings. The van der Waals surface area contributed by atoms with Gasteiger partial charge in [-0.15, -0.1) is 0 Å². The van der Waals surface area contributed by atoms with E-state index in [0.717, 1.165) is 16.4 Å². The average Bonchev–Trinajstić information content (AvgIpc) is 3.46. The number of benzene rings is 2. The third-order valence-corrected chi connectivity index (χ3v) is 6.54. The van der Waals surface area contributed by atoms with Crippen LogP contribution in [0.1, 0.15) is 11.3 Å². The summed E-state index contributed by atoms with van der Waals surface area (Å²) in [6, 6.07) is 17.9. The van der Waals surface area contributed by atoms with E-state index in [-0.39, 0.29) is 16.5 Å². The number of nitrogens with zero attached hydrogens (tertiary/aromatic N) is 6. The van der Waals surface area contributed by atoms with Crippen LogP contribution in [0, 0.1) is 11.3 Å². The van der Waals surface area contributed by atoms with Crippen LogP contribution >= 0.6 is 0 Å². The number of oxazole rings is 1. The first-order chi connectivity index (χ1) is 15.9. The third kappa shape index (κ3) is 4.52. The van der Waals surface area contributed by atoms with E-state index in [1.807, 2.05) is 36.4 Å². The van der Waals surface area contributed by atoms with Crippen molar-refractivity contribution < 1.29 is 12.8 Å². The van der Waals surface area contributed by atoms with E-state index in [1.54, 1.807) is 35.1 Å². The molecule has 0 radical (unpaired) electrons. The van der Waals surface area contributed by atoms with E-state index in [1.165, 1.54) is 20.3 Å². The molecule has 4 aromatic rings. The van der Waals surface area contributed by atoms with Gasteiger partial charge in [-0.2, -0.15) is 15.5 Å². The number of nitrogens with one attached hydrogen (secondary N) is 1. The van der Waals surface area contributed by atoms with Gasteiger partial charge in [0.25, 0.3) is 5.88 Å². The molecule has 2 aromatic carbocycles. The predicted molar refractivity (Wildman–Crippen MR) is 122 cm³/mol. The fourth-order valence-electron chi connectivity index (χ4n) is 2.98. The monoisotopic (exact) mass is 461 g/mol. The Kier molecular flexibility index (Phi) is 6.03. The summed E-state index contributed by atoms with van der Waals surface area (Å²) in [5.41, 5.74) is 5.56. The summed E-state index contributed by atoms with van der Waals surface area (Å²) in [6.45, 7) is 0. The van der Waals surface area contributed by atoms with Crippen LogP contribution in [-0.2, 0) is 10.0 Å². The molecule has 0 aliphatic heterocycles. The highest BCUT2D eigenvalue weighted by molar-refractivity contribution is 7.89. The van der Waals surface area contributed by atoms with Gasteiger partial charge in [0.05, 0.1) is 16.8 Å². The van der Waals surface area contributed by atoms with E-state index in [4.69, 9.17) is 9.68 Å². The van der Waals surface area contributed by atoms with Gasteiger partial charge in [0, 0.05) is 31.4 Å². The average molecular weight is 462 g/mol. The first-order valence-electron chi connectivity index (χ1n) is 9.71. The molecule has 10 nitrogen and oxygen atoms in total. The summed E-state index contributed by atoms with van der Waals surface area (Å²) in [5, 5.41) is 17.9. The zero-order valence-corrected chi connectivity index (χ0v) is 18.6. The van der Waals surface area contributed by atoms with Crippen LogP contribution in [0.3, 0.4) is 0 Å². The first-order valence-corrected chi connectivity index (χ1v) is 11.1. The van der Waals surface area contributed by atoms with Crippen LogP contribution in [0.25, 0.3) is 16.9 Å². The fourth-order valence-corrected chi connectivity index (χ4v) is 3.88. The third-order valence-electron chi connectivity index (χ3n) is 4.71. The first kappa shape index (κ1) is 21.9. The minimum absolute atomic E-state index is 0.0880. The van der Waals surface area contributed by atoms with Gasteiger partial charge in [0.1, 0.15) is 11.8 Å². The summed E-state index contributed by atoms with van der Waals surface area (Å²) in [5.74, 6) is 0.129. The fraction of sp³-hybridized carbons (Fsp3) is 0.0909. The topological polar surface area (TPSA) is 129 Å². The summed E-state index contributed by atoms with van der Waals surface area (Å²) in [4.78, 5) is 3.96. The van der Waals surface area contributed by atoms with Crippen molar-refractivity contribution in [3.63, 3.8) is 0 Å². The zero-order valence-electron chi connectivity index (χ0n) is 17.7. The maximum Gasteiger partial charge on any atom is 0.251 e. The minimum atomic E-state index is -3.54. The van der Waals surface area contributed by atoms with Crippen LogP contribution in [-0.4, -0.2) is 47.8 Å². The van der Waals surface area contributed by atoms with Gasteiger partial charge < -0.3 is 4.42 Å². The van der Waals surface area contributed by atoms with Crippen molar-refractivity contribution in [3.8, 4) is 23.0 Å². The molecule has 0 aliphatic rings. The van der Waals surface area contributed by atoms with E-state index >= 15 is 0 Å². The number of hydrazone groups is 1. The van der Waals surface area contributed by atoms with E-state index in [9.17, 15) is 8.42 Å². The van der Waals surface area contributed by atoms with Crippen LogP contribution in [0.2, 0.25) is 0 Å². The van der Waals surface area contributed by atoms with Crippen molar-refractivity contribution >= 4 is 22.1 Å². The smallest absolute Gasteiger partial charge is 0.251 e. The normalized spacial score (nSPS) is 11.7. The number of sulfonamides is 1. The maximum atomic E-state index is 12.4. The lowest BCUT2D eigenvalue weighted by atomic mass is 10.1. The summed E-state index contributed by atoms with van der Waals surface area (Å²) < 4.78 is 32.7. The largest absolute Gasteiger partial charge is 0.425 e. The Labute approximate surface area is 190 Å². The van der Waals surface area contributed by atoms with Crippen LogP contribution in [0.15, 0.2) is 81.6 Å². The molecule has 11 heteroatoms. The molecule has 2 heterocycles. The van der Waals surface area contributed by atoms with Gasteiger partial charge in [0.2, 0.25) is 15.7 Å². The zero-order chi connectivity index (χ0) is 23.4. The molecule has 0 saturated carbocycles. The van der Waals surface area contributed by atoms with Crippen molar-refractivity contribution in [1.82, 2.24) is 19.1 Å². The van der Waals surface area contributed by atoms with Gasteiger partial charge in [0.15, 0.2) is 6.39 Å². The maximum absolute atomic E-state index is 12.4. The molecule has 33 heavy (non-hydrogen) atoms. The van der Waals surface area contributed by atoms with Gasteiger partial charge >= 0.3 is 0 Å². The minimum Gasteiger partial charge on any atom is -0.425 e. The highest BCUT2D eigenvalue weighted by Crippen LogP contribution is 2.25. The van der Waals surface area contributed by atoms with Crippen LogP contribution in [0.5, 0.6) is 0 Å². The molecule has 166 valence electrons. The number of hydrogen-bond donors (Lipinski definition) is 1. The molecule has 4 rings (SSSR count). The number of rotatable bonds is 7. The molecular weight excluding hydrogens is 442 g/mol. The molecule has 0 bridgehead atoms. The quantitative estimate of drug-likeness (QED) is 0.331. The lowest BCUT2D eigenvalue weighted by Gasteiger charge is -2.11. The number of para-hydroxylation sites is 1. The number of anilines is 1. The van der Waals surface area contributed by atoms with Crippen LogP contribution < -0.4 is 5.43 Å². The highest BCUT2D eigenvalue weighted by atomic mass is 32.2.